The number of hydrogen-bond donors (Lipinski definition) is 3. The number of carboxylic acid groups (broad SMARTS) is 1. The first kappa shape index (κ1) is 15.5. The molecule has 1 aliphatic carbocycles. The van der Waals surface area contributed by atoms with Crippen molar-refractivity contribution in [3.63, 3.8) is 0 Å². The first-order valence-electron chi connectivity index (χ1n) is 6.69. The summed E-state index contributed by atoms with van der Waals surface area (Å²) in [7, 11) is 0. The molecule has 0 aromatic heterocycles. The van der Waals surface area contributed by atoms with Gasteiger partial charge in [-0.1, -0.05) is 25.7 Å². The fraction of sp³-hybridized carbons (Fsp3) is 0.769. The number of nitrogens with one attached hydrogen (secondary N) is 1. The van der Waals surface area contributed by atoms with Crippen molar-refractivity contribution >= 4 is 17.8 Å². The van der Waals surface area contributed by atoms with Gasteiger partial charge in [-0.15, -0.1) is 0 Å². The summed E-state index contributed by atoms with van der Waals surface area (Å²) in [4.78, 5) is 34.3. The van der Waals surface area contributed by atoms with E-state index < -0.39 is 29.2 Å². The largest absolute Gasteiger partial charge is 0.481 e. The van der Waals surface area contributed by atoms with Gasteiger partial charge in [0.05, 0.1) is 5.41 Å². The molecular formula is C13H22N2O4. The predicted octanol–water partition coefficient (Wildman–Crippen LogP) is 0.792. The van der Waals surface area contributed by atoms with Gasteiger partial charge in [-0.05, 0) is 19.8 Å². The maximum atomic E-state index is 11.9. The molecule has 1 fully saturated rings. The Morgan fingerprint density at radius 3 is 2.16 bits per heavy atom. The average molecular weight is 270 g/mol. The van der Waals surface area contributed by atoms with Crippen molar-refractivity contribution in [2.45, 2.75) is 57.9 Å². The molecule has 0 radical (unpaired) electrons. The van der Waals surface area contributed by atoms with E-state index in [4.69, 9.17) is 5.73 Å². The van der Waals surface area contributed by atoms with Crippen LogP contribution < -0.4 is 11.1 Å². The van der Waals surface area contributed by atoms with Gasteiger partial charge >= 0.3 is 5.97 Å². The molecule has 1 aliphatic rings. The van der Waals surface area contributed by atoms with Gasteiger partial charge in [0.1, 0.15) is 6.04 Å². The molecule has 1 unspecified atom stereocenters. The highest BCUT2D eigenvalue weighted by molar-refractivity contribution is 5.89. The number of aliphatic carboxylic acids is 1. The fourth-order valence-corrected chi connectivity index (χ4v) is 2.54. The van der Waals surface area contributed by atoms with E-state index in [1.807, 2.05) is 0 Å². The van der Waals surface area contributed by atoms with E-state index in [1.165, 1.54) is 6.92 Å². The molecule has 6 heteroatoms. The quantitative estimate of drug-likeness (QED) is 0.641. The third-order valence-corrected chi connectivity index (χ3v) is 3.82. The summed E-state index contributed by atoms with van der Waals surface area (Å²) >= 11 is 0. The van der Waals surface area contributed by atoms with Crippen LogP contribution >= 0.6 is 0 Å². The normalized spacial score (nSPS) is 20.1. The van der Waals surface area contributed by atoms with Crippen LogP contribution in [0.1, 0.15) is 51.9 Å². The van der Waals surface area contributed by atoms with E-state index in [1.54, 1.807) is 0 Å². The van der Waals surface area contributed by atoms with Crippen LogP contribution in [0, 0.1) is 5.41 Å². The molecule has 0 heterocycles. The van der Waals surface area contributed by atoms with Gasteiger partial charge in [-0.3, -0.25) is 14.4 Å². The van der Waals surface area contributed by atoms with E-state index in [0.717, 1.165) is 25.7 Å². The molecule has 0 bridgehead atoms. The number of carbonyl (C=O) groups is 3. The SMILES string of the molecule is CC(NC(=O)CC1(C(=O)O)CCCCCC1)C(N)=O. The van der Waals surface area contributed by atoms with Gasteiger partial charge in [-0.2, -0.15) is 0 Å². The number of carboxylic acids is 1. The highest BCUT2D eigenvalue weighted by atomic mass is 16.4. The van der Waals surface area contributed by atoms with Crippen LogP contribution in [-0.4, -0.2) is 28.9 Å². The Bertz CT molecular complexity index is 360. The Kier molecular flexibility index (Phi) is 5.32. The zero-order valence-corrected chi connectivity index (χ0v) is 11.3. The molecule has 0 aromatic rings. The third kappa shape index (κ3) is 4.22. The Morgan fingerprint density at radius 1 is 1.21 bits per heavy atom. The minimum absolute atomic E-state index is 0.0834. The Labute approximate surface area is 112 Å². The zero-order chi connectivity index (χ0) is 14.5. The van der Waals surface area contributed by atoms with Crippen LogP contribution in [0.3, 0.4) is 0 Å². The van der Waals surface area contributed by atoms with Crippen molar-refractivity contribution < 1.29 is 19.5 Å². The Hall–Kier alpha value is -1.59. The summed E-state index contributed by atoms with van der Waals surface area (Å²) in [5.41, 5.74) is 4.08. The van der Waals surface area contributed by atoms with Crippen molar-refractivity contribution in [2.24, 2.45) is 11.1 Å². The van der Waals surface area contributed by atoms with Crippen LogP contribution in [0.5, 0.6) is 0 Å². The monoisotopic (exact) mass is 270 g/mol. The minimum Gasteiger partial charge on any atom is -0.481 e. The first-order chi connectivity index (χ1) is 8.87. The molecule has 108 valence electrons. The highest BCUT2D eigenvalue weighted by Crippen LogP contribution is 2.38. The van der Waals surface area contributed by atoms with E-state index in [9.17, 15) is 19.5 Å². The van der Waals surface area contributed by atoms with Crippen molar-refractivity contribution in [3.8, 4) is 0 Å². The maximum absolute atomic E-state index is 11.9. The second kappa shape index (κ2) is 6.54. The number of rotatable bonds is 5. The van der Waals surface area contributed by atoms with E-state index >= 15 is 0 Å². The summed E-state index contributed by atoms with van der Waals surface area (Å²) in [6, 6.07) is -0.774. The van der Waals surface area contributed by atoms with E-state index in [-0.39, 0.29) is 6.42 Å². The number of primary amides is 1. The topological polar surface area (TPSA) is 109 Å². The lowest BCUT2D eigenvalue weighted by Gasteiger charge is -2.27. The second-order valence-electron chi connectivity index (χ2n) is 5.37. The standard InChI is InChI=1S/C13H22N2O4/c1-9(11(14)17)15-10(16)8-13(12(18)19)6-4-2-3-5-7-13/h9H,2-8H2,1H3,(H2,14,17)(H,15,16)(H,18,19). The summed E-state index contributed by atoms with van der Waals surface area (Å²) in [6.07, 6.45) is 4.61. The molecule has 0 aliphatic heterocycles. The lowest BCUT2D eigenvalue weighted by Crippen LogP contribution is -2.45. The van der Waals surface area contributed by atoms with Crippen molar-refractivity contribution in [1.29, 1.82) is 0 Å². The van der Waals surface area contributed by atoms with Crippen molar-refractivity contribution in [3.05, 3.63) is 0 Å². The van der Waals surface area contributed by atoms with Gasteiger partial charge in [-0.25, -0.2) is 0 Å². The van der Waals surface area contributed by atoms with Crippen LogP contribution in [0.25, 0.3) is 0 Å². The number of carbonyl (C=O) groups excluding carboxylic acids is 2. The van der Waals surface area contributed by atoms with Crippen LogP contribution in [0.2, 0.25) is 0 Å². The highest BCUT2D eigenvalue weighted by Gasteiger charge is 2.40. The van der Waals surface area contributed by atoms with Crippen LogP contribution in [0.4, 0.5) is 0 Å². The average Bonchev–Trinajstić information content (AvgIpc) is 2.55. The smallest absolute Gasteiger partial charge is 0.310 e. The lowest BCUT2D eigenvalue weighted by molar-refractivity contribution is -0.153. The van der Waals surface area contributed by atoms with Crippen LogP contribution in [-0.2, 0) is 14.4 Å². The summed E-state index contributed by atoms with van der Waals surface area (Å²) in [5, 5.41) is 11.9. The number of hydrogen-bond acceptors (Lipinski definition) is 3. The third-order valence-electron chi connectivity index (χ3n) is 3.82. The maximum Gasteiger partial charge on any atom is 0.310 e. The number of nitrogens with two attached hydrogens (primary N) is 1. The molecule has 6 nitrogen and oxygen atoms in total. The van der Waals surface area contributed by atoms with Gasteiger partial charge in [0.25, 0.3) is 0 Å². The minimum atomic E-state index is -0.988. The molecule has 0 aromatic carbocycles. The molecule has 0 saturated heterocycles. The van der Waals surface area contributed by atoms with Gasteiger partial charge < -0.3 is 16.2 Å². The molecule has 1 atom stereocenters. The zero-order valence-electron chi connectivity index (χ0n) is 11.3. The van der Waals surface area contributed by atoms with Gasteiger partial charge in [0.15, 0.2) is 0 Å². The Balaban J connectivity index is 2.70. The Morgan fingerprint density at radius 2 is 1.74 bits per heavy atom. The van der Waals surface area contributed by atoms with Crippen molar-refractivity contribution in [2.75, 3.05) is 0 Å². The molecule has 19 heavy (non-hydrogen) atoms. The summed E-state index contributed by atoms with van der Waals surface area (Å²) in [5.74, 6) is -1.97. The molecule has 0 spiro atoms. The molecule has 1 saturated carbocycles. The van der Waals surface area contributed by atoms with Crippen molar-refractivity contribution in [1.82, 2.24) is 5.32 Å². The molecule has 2 amide bonds. The first-order valence-corrected chi connectivity index (χ1v) is 6.69. The molecule has 1 rings (SSSR count). The van der Waals surface area contributed by atoms with Gasteiger partial charge in [0, 0.05) is 6.42 Å². The number of amides is 2. The second-order valence-corrected chi connectivity index (χ2v) is 5.37. The van der Waals surface area contributed by atoms with Crippen LogP contribution in [0.15, 0.2) is 0 Å². The summed E-state index contributed by atoms with van der Waals surface area (Å²) in [6.45, 7) is 1.49. The lowest BCUT2D eigenvalue weighted by atomic mass is 9.77. The van der Waals surface area contributed by atoms with E-state index in [2.05, 4.69) is 5.32 Å². The molecular weight excluding hydrogens is 248 g/mol. The fourth-order valence-electron chi connectivity index (χ4n) is 2.54. The molecule has 4 N–H and O–H groups in total. The predicted molar refractivity (Wildman–Crippen MR) is 69.2 cm³/mol. The van der Waals surface area contributed by atoms with Gasteiger partial charge in [0.2, 0.25) is 11.8 Å². The summed E-state index contributed by atoms with van der Waals surface area (Å²) < 4.78 is 0. The van der Waals surface area contributed by atoms with E-state index in [0.29, 0.717) is 12.8 Å².